The molecule has 0 aliphatic rings. The Hall–Kier alpha value is -1.99. The topological polar surface area (TPSA) is 57.2 Å². The van der Waals surface area contributed by atoms with Crippen LogP contribution in [-0.4, -0.2) is 31.3 Å². The number of methoxy groups -OCH3 is 1. The molecule has 20 heavy (non-hydrogen) atoms. The summed E-state index contributed by atoms with van der Waals surface area (Å²) in [4.78, 5) is 8.54. The molecule has 0 aliphatic heterocycles. The smallest absolute Gasteiger partial charge is 0.256 e. The van der Waals surface area contributed by atoms with Gasteiger partial charge in [0.05, 0.1) is 12.7 Å². The molecule has 0 aliphatic carbocycles. The van der Waals surface area contributed by atoms with Crippen molar-refractivity contribution >= 4 is 29.6 Å². The molecule has 2 aromatic heterocycles. The molecule has 102 valence electrons. The molecular weight excluding hydrogens is 298 g/mol. The molecule has 0 amide bonds. The summed E-state index contributed by atoms with van der Waals surface area (Å²) in [5.41, 5.74) is 0.736. The van der Waals surface area contributed by atoms with Crippen LogP contribution < -0.4 is 4.74 Å². The normalized spacial score (nSPS) is 10.9. The average Bonchev–Trinajstić information content (AvgIpc) is 2.87. The molecule has 0 unspecified atom stereocenters. The highest BCUT2D eigenvalue weighted by atomic mass is 35.5. The molecule has 0 bridgehead atoms. The Bertz CT molecular complexity index is 857. The summed E-state index contributed by atoms with van der Waals surface area (Å²) in [6.45, 7) is 0. The molecule has 0 saturated heterocycles. The Morgan fingerprint density at radius 2 is 2.15 bits per heavy atom. The molecular formula is C12H10ClN5OS. The summed E-state index contributed by atoms with van der Waals surface area (Å²) < 4.78 is 9.03. The van der Waals surface area contributed by atoms with Gasteiger partial charge < -0.3 is 9.30 Å². The fourth-order valence-corrected chi connectivity index (χ4v) is 2.15. The van der Waals surface area contributed by atoms with Crippen molar-refractivity contribution in [2.24, 2.45) is 7.05 Å². The minimum Gasteiger partial charge on any atom is -0.496 e. The minimum absolute atomic E-state index is 0.445. The van der Waals surface area contributed by atoms with Crippen LogP contribution in [0.25, 0.3) is 17.2 Å². The molecule has 2 heterocycles. The molecule has 6 nitrogen and oxygen atoms in total. The maximum absolute atomic E-state index is 5.95. The van der Waals surface area contributed by atoms with Gasteiger partial charge in [0.2, 0.25) is 4.77 Å². The molecule has 8 heteroatoms. The van der Waals surface area contributed by atoms with Crippen LogP contribution in [0.5, 0.6) is 5.75 Å². The largest absolute Gasteiger partial charge is 0.496 e. The van der Waals surface area contributed by atoms with Crippen molar-refractivity contribution in [3.05, 3.63) is 34.3 Å². The highest BCUT2D eigenvalue weighted by Gasteiger charge is 2.13. The van der Waals surface area contributed by atoms with Crippen LogP contribution in [0, 0.1) is 4.77 Å². The highest BCUT2D eigenvalue weighted by Crippen LogP contribution is 2.30. The van der Waals surface area contributed by atoms with Crippen LogP contribution in [0.1, 0.15) is 0 Å². The summed E-state index contributed by atoms with van der Waals surface area (Å²) in [6, 6.07) is 5.27. The number of aryl methyl sites for hydroxylation is 1. The van der Waals surface area contributed by atoms with Crippen LogP contribution in [0.15, 0.2) is 24.5 Å². The number of fused-ring (bicyclic) bond motifs is 1. The van der Waals surface area contributed by atoms with Gasteiger partial charge in [-0.2, -0.15) is 9.50 Å². The van der Waals surface area contributed by atoms with Gasteiger partial charge >= 0.3 is 0 Å². The van der Waals surface area contributed by atoms with Crippen molar-refractivity contribution in [2.75, 3.05) is 7.11 Å². The van der Waals surface area contributed by atoms with Crippen molar-refractivity contribution in [2.45, 2.75) is 0 Å². The van der Waals surface area contributed by atoms with E-state index in [2.05, 4.69) is 15.1 Å². The zero-order valence-electron chi connectivity index (χ0n) is 10.7. The van der Waals surface area contributed by atoms with Gasteiger partial charge in [-0.3, -0.25) is 0 Å². The average molecular weight is 308 g/mol. The summed E-state index contributed by atoms with van der Waals surface area (Å²) in [5.74, 6) is 1.53. The van der Waals surface area contributed by atoms with E-state index in [1.54, 1.807) is 43.3 Å². The number of rotatable bonds is 2. The lowest BCUT2D eigenvalue weighted by molar-refractivity contribution is 0.416. The standard InChI is InChI=1S/C12H10ClN5OS/c1-17-6-14-11-15-10(16-18(11)12(17)20)8-4-3-7(13)5-9(8)19-2/h3-6H,1-2H3. The first-order valence-electron chi connectivity index (χ1n) is 5.72. The van der Waals surface area contributed by atoms with Gasteiger partial charge in [-0.25, -0.2) is 4.98 Å². The number of ether oxygens (including phenoxy) is 1. The van der Waals surface area contributed by atoms with Gasteiger partial charge in [0, 0.05) is 12.1 Å². The van der Waals surface area contributed by atoms with Gasteiger partial charge in [-0.1, -0.05) is 11.6 Å². The Balaban J connectivity index is 2.25. The Labute approximate surface area is 124 Å². The first-order chi connectivity index (χ1) is 9.60. The SMILES string of the molecule is COc1cc(Cl)ccc1-c1nc2ncn(C)c(=S)n2n1. The quantitative estimate of drug-likeness (QED) is 0.681. The summed E-state index contributed by atoms with van der Waals surface area (Å²) >= 11 is 11.2. The number of hydrogen-bond donors (Lipinski definition) is 0. The maximum atomic E-state index is 5.95. The van der Waals surface area contributed by atoms with E-state index >= 15 is 0 Å². The molecule has 3 aromatic rings. The molecule has 0 saturated carbocycles. The molecule has 3 rings (SSSR count). The van der Waals surface area contributed by atoms with Gasteiger partial charge in [0.15, 0.2) is 5.82 Å². The van der Waals surface area contributed by atoms with Crippen LogP contribution in [0.2, 0.25) is 5.02 Å². The highest BCUT2D eigenvalue weighted by molar-refractivity contribution is 7.71. The van der Waals surface area contributed by atoms with E-state index in [-0.39, 0.29) is 0 Å². The van der Waals surface area contributed by atoms with Crippen LogP contribution in [0.3, 0.4) is 0 Å². The van der Waals surface area contributed by atoms with E-state index in [1.807, 2.05) is 0 Å². The van der Waals surface area contributed by atoms with Crippen LogP contribution in [0.4, 0.5) is 0 Å². The van der Waals surface area contributed by atoms with Crippen molar-refractivity contribution < 1.29 is 4.74 Å². The lowest BCUT2D eigenvalue weighted by atomic mass is 10.2. The Morgan fingerprint density at radius 3 is 2.90 bits per heavy atom. The zero-order chi connectivity index (χ0) is 14.3. The number of nitrogens with zero attached hydrogens (tertiary/aromatic N) is 5. The monoisotopic (exact) mass is 307 g/mol. The van der Waals surface area contributed by atoms with E-state index in [0.29, 0.717) is 27.1 Å². The van der Waals surface area contributed by atoms with E-state index in [0.717, 1.165) is 5.56 Å². The molecule has 0 radical (unpaired) electrons. The zero-order valence-corrected chi connectivity index (χ0v) is 12.3. The van der Waals surface area contributed by atoms with Crippen molar-refractivity contribution in [3.63, 3.8) is 0 Å². The molecule has 0 N–H and O–H groups in total. The number of benzene rings is 1. The molecule has 1 aromatic carbocycles. The maximum Gasteiger partial charge on any atom is 0.256 e. The van der Waals surface area contributed by atoms with E-state index in [1.165, 1.54) is 4.52 Å². The van der Waals surface area contributed by atoms with Crippen molar-refractivity contribution in [1.82, 2.24) is 24.1 Å². The number of aromatic nitrogens is 5. The first kappa shape index (κ1) is 13.0. The second-order valence-corrected chi connectivity index (χ2v) is 4.93. The van der Waals surface area contributed by atoms with Gasteiger partial charge in [0.25, 0.3) is 5.78 Å². The predicted octanol–water partition coefficient (Wildman–Crippen LogP) is 2.52. The van der Waals surface area contributed by atoms with Gasteiger partial charge in [-0.15, -0.1) is 5.10 Å². The second kappa shape index (κ2) is 4.84. The first-order valence-corrected chi connectivity index (χ1v) is 6.51. The van der Waals surface area contributed by atoms with E-state index < -0.39 is 0 Å². The van der Waals surface area contributed by atoms with Crippen LogP contribution >= 0.6 is 23.8 Å². The minimum atomic E-state index is 0.445. The third kappa shape index (κ3) is 2.04. The lowest BCUT2D eigenvalue weighted by Gasteiger charge is -2.04. The summed E-state index contributed by atoms with van der Waals surface area (Å²) in [6.07, 6.45) is 1.61. The summed E-state index contributed by atoms with van der Waals surface area (Å²) in [5, 5.41) is 4.96. The Kier molecular flexibility index (Phi) is 3.15. The fraction of sp³-hybridized carbons (Fsp3) is 0.167. The third-order valence-corrected chi connectivity index (χ3v) is 3.52. The van der Waals surface area contributed by atoms with Gasteiger partial charge in [0.1, 0.15) is 12.1 Å². The van der Waals surface area contributed by atoms with Crippen molar-refractivity contribution in [1.29, 1.82) is 0 Å². The van der Waals surface area contributed by atoms with Crippen molar-refractivity contribution in [3.8, 4) is 17.1 Å². The molecule has 0 fully saturated rings. The number of hydrogen-bond acceptors (Lipinski definition) is 5. The van der Waals surface area contributed by atoms with Crippen LogP contribution in [-0.2, 0) is 7.05 Å². The summed E-state index contributed by atoms with van der Waals surface area (Å²) in [7, 11) is 3.38. The van der Waals surface area contributed by atoms with Gasteiger partial charge in [-0.05, 0) is 30.4 Å². The third-order valence-electron chi connectivity index (χ3n) is 2.82. The second-order valence-electron chi connectivity index (χ2n) is 4.13. The molecule has 0 atom stereocenters. The lowest BCUT2D eigenvalue weighted by Crippen LogP contribution is -2.02. The Morgan fingerprint density at radius 1 is 1.35 bits per heavy atom. The van der Waals surface area contributed by atoms with E-state index in [4.69, 9.17) is 28.6 Å². The van der Waals surface area contributed by atoms with E-state index in [9.17, 15) is 0 Å². The number of halogens is 1. The fourth-order valence-electron chi connectivity index (χ4n) is 1.82. The molecule has 0 spiro atoms. The predicted molar refractivity (Wildman–Crippen MR) is 77.6 cm³/mol.